The molecule has 0 amide bonds. The van der Waals surface area contributed by atoms with E-state index in [1.54, 1.807) is 0 Å². The van der Waals surface area contributed by atoms with Crippen LogP contribution in [0.15, 0.2) is 54.6 Å². The van der Waals surface area contributed by atoms with E-state index in [1.807, 2.05) is 54.6 Å². The van der Waals surface area contributed by atoms with Gasteiger partial charge in [0.1, 0.15) is 0 Å². The molecule has 0 aromatic heterocycles. The summed E-state index contributed by atoms with van der Waals surface area (Å²) < 4.78 is 0. The van der Waals surface area contributed by atoms with Crippen LogP contribution < -0.4 is 5.73 Å². The lowest BCUT2D eigenvalue weighted by atomic mass is 9.90. The zero-order chi connectivity index (χ0) is 13.0. The highest BCUT2D eigenvalue weighted by atomic mass is 16.4. The number of hydrogen-bond acceptors (Lipinski definition) is 2. The molecule has 0 aliphatic rings. The first kappa shape index (κ1) is 12.3. The van der Waals surface area contributed by atoms with Gasteiger partial charge in [0.2, 0.25) is 0 Å². The zero-order valence-electron chi connectivity index (χ0n) is 9.91. The van der Waals surface area contributed by atoms with Crippen molar-refractivity contribution in [3.63, 3.8) is 0 Å². The van der Waals surface area contributed by atoms with Crippen molar-refractivity contribution in [2.45, 2.75) is 5.92 Å². The number of benzene rings is 2. The smallest absolute Gasteiger partial charge is 0.312 e. The van der Waals surface area contributed by atoms with Gasteiger partial charge in [-0.1, -0.05) is 54.6 Å². The molecule has 18 heavy (non-hydrogen) atoms. The van der Waals surface area contributed by atoms with Gasteiger partial charge in [-0.2, -0.15) is 0 Å². The Morgan fingerprint density at radius 3 is 2.28 bits per heavy atom. The predicted molar refractivity (Wildman–Crippen MR) is 71.3 cm³/mol. The Bertz CT molecular complexity index is 537. The molecule has 0 saturated heterocycles. The summed E-state index contributed by atoms with van der Waals surface area (Å²) in [6.07, 6.45) is 0. The summed E-state index contributed by atoms with van der Waals surface area (Å²) in [5.74, 6) is -1.55. The first-order valence-corrected chi connectivity index (χ1v) is 5.81. The molecule has 0 saturated carbocycles. The van der Waals surface area contributed by atoms with Crippen LogP contribution in [-0.2, 0) is 4.79 Å². The molecule has 92 valence electrons. The second-order valence-electron chi connectivity index (χ2n) is 4.08. The van der Waals surface area contributed by atoms with E-state index in [0.29, 0.717) is 0 Å². The van der Waals surface area contributed by atoms with Crippen molar-refractivity contribution in [3.05, 3.63) is 60.2 Å². The highest BCUT2D eigenvalue weighted by molar-refractivity contribution is 5.81. The van der Waals surface area contributed by atoms with Crippen LogP contribution >= 0.6 is 0 Å². The van der Waals surface area contributed by atoms with E-state index >= 15 is 0 Å². The Morgan fingerprint density at radius 2 is 1.67 bits per heavy atom. The molecule has 3 N–H and O–H groups in total. The van der Waals surface area contributed by atoms with Crippen LogP contribution in [0.3, 0.4) is 0 Å². The summed E-state index contributed by atoms with van der Waals surface area (Å²) >= 11 is 0. The van der Waals surface area contributed by atoms with E-state index in [9.17, 15) is 9.90 Å². The molecule has 0 bridgehead atoms. The van der Waals surface area contributed by atoms with Crippen LogP contribution in [0, 0.1) is 0 Å². The van der Waals surface area contributed by atoms with E-state index in [0.717, 1.165) is 16.7 Å². The van der Waals surface area contributed by atoms with Gasteiger partial charge in [-0.25, -0.2) is 0 Å². The number of carboxylic acids is 1. The Balaban J connectivity index is 2.53. The third-order valence-electron chi connectivity index (χ3n) is 2.95. The monoisotopic (exact) mass is 241 g/mol. The standard InChI is InChI=1S/C15H15NO2/c16-10-14(15(17)18)13-9-5-4-8-12(13)11-6-2-1-3-7-11/h1-9,14H,10,16H2,(H,17,18). The number of hydrogen-bond donors (Lipinski definition) is 2. The molecule has 0 radical (unpaired) electrons. The van der Waals surface area contributed by atoms with Gasteiger partial charge in [0.05, 0.1) is 5.92 Å². The maximum atomic E-state index is 11.2. The fourth-order valence-corrected chi connectivity index (χ4v) is 2.04. The number of carboxylic acid groups (broad SMARTS) is 1. The largest absolute Gasteiger partial charge is 0.481 e. The number of nitrogens with two attached hydrogens (primary N) is 1. The van der Waals surface area contributed by atoms with Crippen molar-refractivity contribution in [1.29, 1.82) is 0 Å². The molecule has 0 spiro atoms. The molecular weight excluding hydrogens is 226 g/mol. The lowest BCUT2D eigenvalue weighted by molar-refractivity contribution is -0.138. The van der Waals surface area contributed by atoms with Crippen molar-refractivity contribution >= 4 is 5.97 Å². The van der Waals surface area contributed by atoms with E-state index in [-0.39, 0.29) is 6.54 Å². The third-order valence-corrected chi connectivity index (χ3v) is 2.95. The quantitative estimate of drug-likeness (QED) is 0.864. The molecule has 0 fully saturated rings. The maximum Gasteiger partial charge on any atom is 0.312 e. The van der Waals surface area contributed by atoms with Gasteiger partial charge in [-0.3, -0.25) is 4.79 Å². The summed E-state index contributed by atoms with van der Waals surface area (Å²) in [5, 5.41) is 9.22. The van der Waals surface area contributed by atoms with E-state index in [4.69, 9.17) is 5.73 Å². The van der Waals surface area contributed by atoms with Crippen LogP contribution in [0.25, 0.3) is 11.1 Å². The minimum Gasteiger partial charge on any atom is -0.481 e. The number of aliphatic carboxylic acids is 1. The van der Waals surface area contributed by atoms with Crippen LogP contribution in [0.4, 0.5) is 0 Å². The van der Waals surface area contributed by atoms with E-state index in [1.165, 1.54) is 0 Å². The summed E-state index contributed by atoms with van der Waals surface area (Å²) in [4.78, 5) is 11.2. The van der Waals surface area contributed by atoms with Gasteiger partial charge in [-0.15, -0.1) is 0 Å². The molecular formula is C15H15NO2. The third kappa shape index (κ3) is 2.41. The molecule has 2 aromatic carbocycles. The van der Waals surface area contributed by atoms with Crippen LogP contribution in [-0.4, -0.2) is 17.6 Å². The highest BCUT2D eigenvalue weighted by Crippen LogP contribution is 2.28. The fourth-order valence-electron chi connectivity index (χ4n) is 2.04. The lowest BCUT2D eigenvalue weighted by Crippen LogP contribution is -2.21. The van der Waals surface area contributed by atoms with Gasteiger partial charge in [0.25, 0.3) is 0 Å². The van der Waals surface area contributed by atoms with Crippen LogP contribution in [0.5, 0.6) is 0 Å². The zero-order valence-corrected chi connectivity index (χ0v) is 9.91. The Hall–Kier alpha value is -2.13. The van der Waals surface area contributed by atoms with Gasteiger partial charge in [0, 0.05) is 6.54 Å². The SMILES string of the molecule is NCC(C(=O)O)c1ccccc1-c1ccccc1. The topological polar surface area (TPSA) is 63.3 Å². The Labute approximate surface area is 106 Å². The molecule has 1 atom stereocenters. The van der Waals surface area contributed by atoms with Crippen molar-refractivity contribution < 1.29 is 9.90 Å². The number of carbonyl (C=O) groups is 1. The highest BCUT2D eigenvalue weighted by Gasteiger charge is 2.21. The Morgan fingerprint density at radius 1 is 1.06 bits per heavy atom. The predicted octanol–water partition coefficient (Wildman–Crippen LogP) is 2.48. The molecule has 0 aliphatic heterocycles. The molecule has 2 aromatic rings. The van der Waals surface area contributed by atoms with Crippen molar-refractivity contribution in [3.8, 4) is 11.1 Å². The van der Waals surface area contributed by atoms with E-state index < -0.39 is 11.9 Å². The van der Waals surface area contributed by atoms with Gasteiger partial charge in [-0.05, 0) is 16.7 Å². The van der Waals surface area contributed by atoms with Crippen molar-refractivity contribution in [2.75, 3.05) is 6.54 Å². The molecule has 2 rings (SSSR count). The van der Waals surface area contributed by atoms with Crippen molar-refractivity contribution in [1.82, 2.24) is 0 Å². The van der Waals surface area contributed by atoms with Crippen LogP contribution in [0.1, 0.15) is 11.5 Å². The first-order valence-electron chi connectivity index (χ1n) is 5.81. The van der Waals surface area contributed by atoms with E-state index in [2.05, 4.69) is 0 Å². The second kappa shape index (κ2) is 5.47. The summed E-state index contributed by atoms with van der Waals surface area (Å²) in [5.41, 5.74) is 8.27. The molecule has 0 heterocycles. The maximum absolute atomic E-state index is 11.2. The average molecular weight is 241 g/mol. The Kier molecular flexibility index (Phi) is 3.75. The average Bonchev–Trinajstić information content (AvgIpc) is 2.41. The summed E-state index contributed by atoms with van der Waals surface area (Å²) in [7, 11) is 0. The summed E-state index contributed by atoms with van der Waals surface area (Å²) in [6, 6.07) is 17.2. The summed E-state index contributed by atoms with van der Waals surface area (Å²) in [6.45, 7) is 0.0964. The lowest BCUT2D eigenvalue weighted by Gasteiger charge is -2.15. The second-order valence-corrected chi connectivity index (χ2v) is 4.08. The minimum absolute atomic E-state index is 0.0964. The molecule has 1 unspecified atom stereocenters. The molecule has 0 aliphatic carbocycles. The van der Waals surface area contributed by atoms with Gasteiger partial charge < -0.3 is 10.8 Å². The normalized spacial score (nSPS) is 12.1. The molecule has 3 nitrogen and oxygen atoms in total. The van der Waals surface area contributed by atoms with Crippen molar-refractivity contribution in [2.24, 2.45) is 5.73 Å². The number of rotatable bonds is 4. The van der Waals surface area contributed by atoms with Crippen LogP contribution in [0.2, 0.25) is 0 Å². The minimum atomic E-state index is -0.888. The van der Waals surface area contributed by atoms with Gasteiger partial charge >= 0.3 is 5.97 Å². The van der Waals surface area contributed by atoms with Gasteiger partial charge in [0.15, 0.2) is 0 Å². The fraction of sp³-hybridized carbons (Fsp3) is 0.133. The molecule has 3 heteroatoms. The first-order chi connectivity index (χ1) is 8.74.